The predicted molar refractivity (Wildman–Crippen MR) is 76.2 cm³/mol. The lowest BCUT2D eigenvalue weighted by Crippen LogP contribution is -2.37. The van der Waals surface area contributed by atoms with Crippen molar-refractivity contribution in [2.45, 2.75) is 33.8 Å². The van der Waals surface area contributed by atoms with Gasteiger partial charge in [0.05, 0.1) is 12.0 Å². The molecule has 0 heterocycles. The van der Waals surface area contributed by atoms with E-state index in [0.29, 0.717) is 5.69 Å². The molecule has 0 aliphatic rings. The van der Waals surface area contributed by atoms with Crippen molar-refractivity contribution < 1.29 is 19.8 Å². The Labute approximate surface area is 118 Å². The molecule has 0 saturated carbocycles. The normalized spacial score (nSPS) is 13.8. The molecule has 0 spiro atoms. The second-order valence-corrected chi connectivity index (χ2v) is 5.46. The van der Waals surface area contributed by atoms with E-state index in [2.05, 4.69) is 5.32 Å². The van der Waals surface area contributed by atoms with Crippen LogP contribution in [0.25, 0.3) is 0 Å². The molecule has 0 aliphatic carbocycles. The number of carboxylic acids is 1. The highest BCUT2D eigenvalue weighted by molar-refractivity contribution is 5.94. The highest BCUT2D eigenvalue weighted by Gasteiger charge is 2.38. The van der Waals surface area contributed by atoms with Crippen LogP contribution in [0.5, 0.6) is 0 Å². The average molecular weight is 279 g/mol. The summed E-state index contributed by atoms with van der Waals surface area (Å²) in [5, 5.41) is 20.9. The Morgan fingerprint density at radius 2 is 1.80 bits per heavy atom. The number of carbonyl (C=O) groups excluding carboxylic acids is 1. The minimum Gasteiger partial charge on any atom is -0.481 e. The van der Waals surface area contributed by atoms with Gasteiger partial charge in [0.25, 0.3) is 0 Å². The van der Waals surface area contributed by atoms with Gasteiger partial charge in [-0.3, -0.25) is 9.59 Å². The number of amides is 1. The zero-order chi connectivity index (χ0) is 15.3. The Kier molecular flexibility index (Phi) is 5.27. The number of hydrogen-bond donors (Lipinski definition) is 3. The first-order valence-corrected chi connectivity index (χ1v) is 6.52. The zero-order valence-corrected chi connectivity index (χ0v) is 12.0. The minimum atomic E-state index is -1.09. The van der Waals surface area contributed by atoms with Crippen molar-refractivity contribution >= 4 is 17.6 Å². The average Bonchev–Trinajstić information content (AvgIpc) is 2.38. The third-order valence-corrected chi connectivity index (χ3v) is 3.71. The summed E-state index contributed by atoms with van der Waals surface area (Å²) in [5.41, 5.74) is 0.249. The van der Waals surface area contributed by atoms with Crippen LogP contribution < -0.4 is 5.32 Å². The lowest BCUT2D eigenvalue weighted by atomic mass is 9.76. The smallest absolute Gasteiger partial charge is 0.310 e. The number of anilines is 1. The van der Waals surface area contributed by atoms with Gasteiger partial charge in [-0.15, -0.1) is 0 Å². The molecule has 1 amide bonds. The van der Waals surface area contributed by atoms with Gasteiger partial charge < -0.3 is 15.5 Å². The van der Waals surface area contributed by atoms with Crippen LogP contribution in [0.2, 0.25) is 0 Å². The van der Waals surface area contributed by atoms with Crippen LogP contribution in [0.15, 0.2) is 24.3 Å². The number of aliphatic hydroxyl groups excluding tert-OH is 1. The number of carbonyl (C=O) groups is 2. The number of aliphatic hydroxyl groups is 1. The first kappa shape index (κ1) is 16.2. The molecule has 3 N–H and O–H groups in total. The van der Waals surface area contributed by atoms with Gasteiger partial charge in [0, 0.05) is 12.1 Å². The standard InChI is InChI=1S/C15H21NO4/c1-10(2)15(3,14(19)20)8-13(18)16-12-6-4-11(9-17)5-7-12/h4-7,10,17H,8-9H2,1-3H3,(H,16,18)(H,19,20). The third-order valence-electron chi connectivity index (χ3n) is 3.71. The van der Waals surface area contributed by atoms with Crippen LogP contribution in [0, 0.1) is 11.3 Å². The number of rotatable bonds is 6. The molecule has 1 unspecified atom stereocenters. The van der Waals surface area contributed by atoms with Gasteiger partial charge in [-0.05, 0) is 30.5 Å². The van der Waals surface area contributed by atoms with Crippen LogP contribution in [-0.2, 0) is 16.2 Å². The van der Waals surface area contributed by atoms with Gasteiger partial charge in [0.2, 0.25) is 5.91 Å². The van der Waals surface area contributed by atoms with Crippen molar-refractivity contribution in [1.82, 2.24) is 0 Å². The molecule has 110 valence electrons. The van der Waals surface area contributed by atoms with Gasteiger partial charge in [-0.25, -0.2) is 0 Å². The second kappa shape index (κ2) is 6.52. The van der Waals surface area contributed by atoms with Gasteiger partial charge in [0.1, 0.15) is 0 Å². The fraction of sp³-hybridized carbons (Fsp3) is 0.467. The molecule has 1 atom stereocenters. The van der Waals surface area contributed by atoms with Crippen LogP contribution >= 0.6 is 0 Å². The summed E-state index contributed by atoms with van der Waals surface area (Å²) in [7, 11) is 0. The molecule has 1 aromatic rings. The summed E-state index contributed by atoms with van der Waals surface area (Å²) < 4.78 is 0. The molecule has 0 aromatic heterocycles. The quantitative estimate of drug-likeness (QED) is 0.745. The molecule has 0 saturated heterocycles. The summed E-state index contributed by atoms with van der Waals surface area (Å²) in [4.78, 5) is 23.3. The molecule has 1 aromatic carbocycles. The van der Waals surface area contributed by atoms with Crippen LogP contribution in [0.4, 0.5) is 5.69 Å². The monoisotopic (exact) mass is 279 g/mol. The fourth-order valence-electron chi connectivity index (χ4n) is 1.76. The molecule has 5 heteroatoms. The van der Waals surface area contributed by atoms with Crippen molar-refractivity contribution in [1.29, 1.82) is 0 Å². The van der Waals surface area contributed by atoms with E-state index in [1.807, 2.05) is 0 Å². The van der Waals surface area contributed by atoms with E-state index in [1.54, 1.807) is 45.0 Å². The Balaban J connectivity index is 2.73. The number of benzene rings is 1. The Morgan fingerprint density at radius 1 is 1.25 bits per heavy atom. The largest absolute Gasteiger partial charge is 0.481 e. The maximum Gasteiger partial charge on any atom is 0.310 e. The van der Waals surface area contributed by atoms with Crippen LogP contribution in [0.3, 0.4) is 0 Å². The van der Waals surface area contributed by atoms with Crippen LogP contribution in [0.1, 0.15) is 32.8 Å². The molecule has 0 radical (unpaired) electrons. The number of aliphatic carboxylic acids is 1. The molecule has 1 rings (SSSR count). The first-order chi connectivity index (χ1) is 9.29. The SMILES string of the molecule is CC(C)C(C)(CC(=O)Nc1ccc(CO)cc1)C(=O)O. The summed E-state index contributed by atoms with van der Waals surface area (Å²) in [6.07, 6.45) is -0.0816. The van der Waals surface area contributed by atoms with E-state index >= 15 is 0 Å². The minimum absolute atomic E-state index is 0.0569. The van der Waals surface area contributed by atoms with E-state index in [9.17, 15) is 14.7 Å². The topological polar surface area (TPSA) is 86.6 Å². The highest BCUT2D eigenvalue weighted by atomic mass is 16.4. The van der Waals surface area contributed by atoms with E-state index in [-0.39, 0.29) is 24.9 Å². The first-order valence-electron chi connectivity index (χ1n) is 6.52. The summed E-state index contributed by atoms with van der Waals surface area (Å²) in [6, 6.07) is 6.76. The molecule has 0 fully saturated rings. The van der Waals surface area contributed by atoms with Crippen molar-refractivity contribution in [3.63, 3.8) is 0 Å². The fourth-order valence-corrected chi connectivity index (χ4v) is 1.76. The van der Waals surface area contributed by atoms with E-state index in [4.69, 9.17) is 5.11 Å². The summed E-state index contributed by atoms with van der Waals surface area (Å²) >= 11 is 0. The van der Waals surface area contributed by atoms with E-state index in [1.165, 1.54) is 0 Å². The number of hydrogen-bond acceptors (Lipinski definition) is 3. The molecular weight excluding hydrogens is 258 g/mol. The van der Waals surface area contributed by atoms with Gasteiger partial charge >= 0.3 is 5.97 Å². The van der Waals surface area contributed by atoms with Crippen molar-refractivity contribution in [3.8, 4) is 0 Å². The maximum atomic E-state index is 12.0. The third kappa shape index (κ3) is 3.81. The second-order valence-electron chi connectivity index (χ2n) is 5.46. The highest BCUT2D eigenvalue weighted by Crippen LogP contribution is 2.31. The summed E-state index contributed by atoms with van der Waals surface area (Å²) in [6.45, 7) is 5.10. The van der Waals surface area contributed by atoms with E-state index < -0.39 is 11.4 Å². The van der Waals surface area contributed by atoms with Crippen LogP contribution in [-0.4, -0.2) is 22.1 Å². The zero-order valence-electron chi connectivity index (χ0n) is 12.0. The molecular formula is C15H21NO4. The molecule has 0 bridgehead atoms. The van der Waals surface area contributed by atoms with Crippen molar-refractivity contribution in [2.75, 3.05) is 5.32 Å². The molecule has 5 nitrogen and oxygen atoms in total. The Bertz CT molecular complexity index is 481. The lowest BCUT2D eigenvalue weighted by Gasteiger charge is -2.28. The predicted octanol–water partition coefficient (Wildman–Crippen LogP) is 2.25. The number of carboxylic acid groups (broad SMARTS) is 1. The summed E-state index contributed by atoms with van der Waals surface area (Å²) in [5.74, 6) is -1.46. The van der Waals surface area contributed by atoms with Crippen molar-refractivity contribution in [2.24, 2.45) is 11.3 Å². The Hall–Kier alpha value is -1.88. The van der Waals surface area contributed by atoms with Gasteiger partial charge in [-0.2, -0.15) is 0 Å². The number of nitrogens with one attached hydrogen (secondary N) is 1. The van der Waals surface area contributed by atoms with Gasteiger partial charge in [-0.1, -0.05) is 26.0 Å². The van der Waals surface area contributed by atoms with Crippen molar-refractivity contribution in [3.05, 3.63) is 29.8 Å². The van der Waals surface area contributed by atoms with E-state index in [0.717, 1.165) is 5.56 Å². The Morgan fingerprint density at radius 3 is 2.20 bits per heavy atom. The lowest BCUT2D eigenvalue weighted by molar-refractivity contribution is -0.153. The maximum absolute atomic E-state index is 12.0. The molecule has 0 aliphatic heterocycles. The van der Waals surface area contributed by atoms with Gasteiger partial charge in [0.15, 0.2) is 0 Å². The molecule has 20 heavy (non-hydrogen) atoms.